The molecule has 0 atom stereocenters. The minimum Gasteiger partial charge on any atom is -0.465 e. The van der Waals surface area contributed by atoms with E-state index in [0.29, 0.717) is 21.1 Å². The summed E-state index contributed by atoms with van der Waals surface area (Å²) in [5.74, 6) is -1.60. The van der Waals surface area contributed by atoms with Crippen LogP contribution in [0.25, 0.3) is 0 Å². The Kier molecular flexibility index (Phi) is 5.89. The zero-order valence-electron chi connectivity index (χ0n) is 16.6. The Morgan fingerprint density at radius 2 is 1.58 bits per heavy atom. The first-order valence-corrected chi connectivity index (χ1v) is 10.8. The molecule has 6 nitrogen and oxygen atoms in total. The van der Waals surface area contributed by atoms with Crippen molar-refractivity contribution >= 4 is 43.2 Å². The van der Waals surface area contributed by atoms with Crippen LogP contribution < -0.4 is 5.19 Å². The highest BCUT2D eigenvalue weighted by Crippen LogP contribution is 2.30. The smallest absolute Gasteiger partial charge is 0.364 e. The highest BCUT2D eigenvalue weighted by atomic mass is 28.3. The van der Waals surface area contributed by atoms with E-state index in [9.17, 15) is 14.4 Å². The lowest BCUT2D eigenvalue weighted by molar-refractivity contribution is -0.172. The molecule has 1 heterocycles. The van der Waals surface area contributed by atoms with Gasteiger partial charge in [-0.1, -0.05) is 20.8 Å². The van der Waals surface area contributed by atoms with Gasteiger partial charge in [0.1, 0.15) is 10.5 Å². The number of carbonyl (C=O) groups is 3. The van der Waals surface area contributed by atoms with Crippen molar-refractivity contribution in [2.75, 3.05) is 0 Å². The predicted octanol–water partition coefficient (Wildman–Crippen LogP) is 0.136. The Balaban J connectivity index is 2.63. The van der Waals surface area contributed by atoms with Crippen molar-refractivity contribution in [1.29, 1.82) is 0 Å². The number of hydrogen-bond donors (Lipinski definition) is 0. The van der Waals surface area contributed by atoms with Crippen molar-refractivity contribution in [2.24, 2.45) is 0 Å². The third kappa shape index (κ3) is 3.67. The van der Waals surface area contributed by atoms with Crippen molar-refractivity contribution in [3.8, 4) is 0 Å². The third-order valence-electron chi connectivity index (χ3n) is 4.90. The third-order valence-corrected chi connectivity index (χ3v) is 7.05. The van der Waals surface area contributed by atoms with Crippen LogP contribution in [0.15, 0.2) is 0 Å². The first-order chi connectivity index (χ1) is 12.0. The molecule has 142 valence electrons. The number of benzene rings is 1. The average Bonchev–Trinajstić information content (AvgIpc) is 2.84. The van der Waals surface area contributed by atoms with Gasteiger partial charge in [-0.3, -0.25) is 9.59 Å². The van der Waals surface area contributed by atoms with Crippen LogP contribution >= 0.6 is 0 Å². The van der Waals surface area contributed by atoms with Gasteiger partial charge in [0, 0.05) is 12.8 Å². The minimum absolute atomic E-state index is 0.0799. The van der Waals surface area contributed by atoms with E-state index < -0.39 is 27.5 Å². The normalized spacial score (nSPS) is 15.5. The molecule has 0 spiro atoms. The Labute approximate surface area is 159 Å². The van der Waals surface area contributed by atoms with Crippen molar-refractivity contribution in [3.05, 3.63) is 27.8 Å². The molecule has 8 heteroatoms. The SMILES string of the molecule is Cc1c(C)c(C(=O)ON2C(=O)CCC2=O)c([SiH2]O[SiH3])c(C(C)(C)C)c1C. The number of carbonyl (C=O) groups excluding carboxylic acids is 3. The molecule has 1 fully saturated rings. The minimum atomic E-state index is -1.12. The molecular weight excluding hydrogens is 366 g/mol. The first kappa shape index (κ1) is 20.5. The zero-order valence-corrected chi connectivity index (χ0v) is 20.0. The molecule has 26 heavy (non-hydrogen) atoms. The second kappa shape index (κ2) is 7.46. The lowest BCUT2D eigenvalue weighted by Crippen LogP contribution is -2.39. The Morgan fingerprint density at radius 1 is 1.04 bits per heavy atom. The van der Waals surface area contributed by atoms with E-state index in [1.54, 1.807) is 0 Å². The van der Waals surface area contributed by atoms with Gasteiger partial charge in [0.2, 0.25) is 0 Å². The maximum atomic E-state index is 13.0. The Bertz CT molecular complexity index is 767. The Hall–Kier alpha value is -1.78. The fourth-order valence-corrected chi connectivity index (χ4v) is 6.25. The second-order valence-electron chi connectivity index (χ2n) is 7.75. The molecule has 1 aromatic carbocycles. The van der Waals surface area contributed by atoms with Crippen molar-refractivity contribution in [2.45, 2.75) is 59.8 Å². The van der Waals surface area contributed by atoms with E-state index in [-0.39, 0.29) is 18.3 Å². The van der Waals surface area contributed by atoms with E-state index in [1.807, 2.05) is 13.8 Å². The van der Waals surface area contributed by atoms with Crippen LogP contribution in [0.5, 0.6) is 0 Å². The van der Waals surface area contributed by atoms with Crippen LogP contribution in [0.1, 0.15) is 66.2 Å². The number of nitrogens with zero attached hydrogens (tertiary/aromatic N) is 1. The van der Waals surface area contributed by atoms with E-state index in [0.717, 1.165) is 27.4 Å². The molecule has 1 aliphatic heterocycles. The summed E-state index contributed by atoms with van der Waals surface area (Å²) in [7, 11) is -0.535. The zero-order chi connectivity index (χ0) is 19.8. The van der Waals surface area contributed by atoms with E-state index in [4.69, 9.17) is 8.95 Å². The quantitative estimate of drug-likeness (QED) is 0.537. The summed E-state index contributed by atoms with van der Waals surface area (Å²) in [6, 6.07) is 0. The van der Waals surface area contributed by atoms with Crippen LogP contribution in [0, 0.1) is 20.8 Å². The van der Waals surface area contributed by atoms with E-state index in [1.165, 1.54) is 0 Å². The molecule has 0 aromatic heterocycles. The van der Waals surface area contributed by atoms with Crippen molar-refractivity contribution in [1.82, 2.24) is 5.06 Å². The topological polar surface area (TPSA) is 72.9 Å². The van der Waals surface area contributed by atoms with Gasteiger partial charge < -0.3 is 8.95 Å². The molecule has 2 amide bonds. The van der Waals surface area contributed by atoms with Gasteiger partial charge in [0.15, 0.2) is 9.76 Å². The molecule has 0 N–H and O–H groups in total. The van der Waals surface area contributed by atoms with Crippen LogP contribution in [-0.4, -0.2) is 43.1 Å². The van der Waals surface area contributed by atoms with Gasteiger partial charge in [-0.25, -0.2) is 4.79 Å². The molecule has 0 saturated carbocycles. The van der Waals surface area contributed by atoms with Gasteiger partial charge in [-0.2, -0.15) is 0 Å². The maximum absolute atomic E-state index is 13.0. The first-order valence-electron chi connectivity index (χ1n) is 8.70. The molecule has 0 bridgehead atoms. The van der Waals surface area contributed by atoms with Gasteiger partial charge >= 0.3 is 5.97 Å². The lowest BCUT2D eigenvalue weighted by Gasteiger charge is -2.30. The van der Waals surface area contributed by atoms with Gasteiger partial charge in [-0.05, 0) is 53.6 Å². The highest BCUT2D eigenvalue weighted by molar-refractivity contribution is 6.53. The monoisotopic (exact) mass is 393 g/mol. The van der Waals surface area contributed by atoms with E-state index in [2.05, 4.69) is 27.7 Å². The summed E-state index contributed by atoms with van der Waals surface area (Å²) in [6.07, 6.45) is 0.160. The highest BCUT2D eigenvalue weighted by Gasteiger charge is 2.35. The molecule has 0 aliphatic carbocycles. The summed E-state index contributed by atoms with van der Waals surface area (Å²) >= 11 is 0. The largest absolute Gasteiger partial charge is 0.465 e. The Morgan fingerprint density at radius 3 is 2.04 bits per heavy atom. The van der Waals surface area contributed by atoms with Gasteiger partial charge in [-0.15, -0.1) is 5.06 Å². The van der Waals surface area contributed by atoms with Crippen molar-refractivity contribution < 1.29 is 23.3 Å². The van der Waals surface area contributed by atoms with Gasteiger partial charge in [0.25, 0.3) is 11.8 Å². The number of amides is 2. The molecule has 2 rings (SSSR count). The number of rotatable bonds is 4. The molecule has 1 saturated heterocycles. The molecule has 1 aromatic rings. The molecule has 0 radical (unpaired) electrons. The van der Waals surface area contributed by atoms with Crippen LogP contribution in [0.2, 0.25) is 0 Å². The molecular formula is C18H27NO5Si2. The van der Waals surface area contributed by atoms with Crippen molar-refractivity contribution in [3.63, 3.8) is 0 Å². The van der Waals surface area contributed by atoms with Crippen LogP contribution in [0.4, 0.5) is 0 Å². The summed E-state index contributed by atoms with van der Waals surface area (Å²) < 4.78 is 5.64. The fraction of sp³-hybridized carbons (Fsp3) is 0.500. The van der Waals surface area contributed by atoms with Crippen LogP contribution in [-0.2, 0) is 24.0 Å². The molecule has 0 unspecified atom stereocenters. The van der Waals surface area contributed by atoms with Gasteiger partial charge in [0.05, 0.1) is 5.56 Å². The summed E-state index contributed by atoms with van der Waals surface area (Å²) in [5.41, 5.74) is 4.38. The fourth-order valence-electron chi connectivity index (χ4n) is 3.60. The summed E-state index contributed by atoms with van der Waals surface area (Å²) in [5, 5.41) is 1.53. The average molecular weight is 394 g/mol. The summed E-state index contributed by atoms with van der Waals surface area (Å²) in [6.45, 7) is 12.3. The number of hydrogen-bond acceptors (Lipinski definition) is 5. The maximum Gasteiger partial charge on any atom is 0.364 e. The molecule has 1 aliphatic rings. The summed E-state index contributed by atoms with van der Waals surface area (Å²) in [4.78, 5) is 41.8. The van der Waals surface area contributed by atoms with E-state index >= 15 is 0 Å². The lowest BCUT2D eigenvalue weighted by atomic mass is 9.80. The number of hydroxylamine groups is 2. The predicted molar refractivity (Wildman–Crippen MR) is 105 cm³/mol. The van der Waals surface area contributed by atoms with Crippen LogP contribution in [0.3, 0.4) is 0 Å². The number of imide groups is 1. The second-order valence-corrected chi connectivity index (χ2v) is 11.1. The standard InChI is InChI=1S/C18H27NO5Si2/c1-9-10(2)14(17(22)23-19-12(20)7-8-13(19)21)16(26-24-25)15(11(9)3)18(4,5)6/h7-8,26H2,1-6,25H3.